The average Bonchev–Trinajstić information content (AvgIpc) is 2.73. The molecule has 0 aromatic carbocycles. The van der Waals surface area contributed by atoms with Crippen LogP contribution in [0.3, 0.4) is 0 Å². The van der Waals surface area contributed by atoms with Crippen LogP contribution in [0.2, 0.25) is 0 Å². The maximum absolute atomic E-state index is 9.43. The number of aliphatic hydroxyl groups is 2. The van der Waals surface area contributed by atoms with Crippen LogP contribution < -0.4 is 0 Å². The number of nitrogens with zero attached hydrogens (tertiary/aromatic N) is 6. The molecular weight excluding hydrogens is 491 g/mol. The molecule has 0 aliphatic rings. The third-order valence-electron chi connectivity index (χ3n) is 2.87. The van der Waals surface area contributed by atoms with Crippen LogP contribution >= 0.6 is 24.4 Å². The quantitative estimate of drug-likeness (QED) is 0.244. The van der Waals surface area contributed by atoms with Gasteiger partial charge in [-0.1, -0.05) is 30.5 Å². The number of thiocarbonyl (C=S) groups is 2. The zero-order chi connectivity index (χ0) is 24.9. The molecule has 0 bridgehead atoms. The first-order valence-corrected chi connectivity index (χ1v) is 9.63. The summed E-state index contributed by atoms with van der Waals surface area (Å²) in [6.07, 6.45) is 4.04. The van der Waals surface area contributed by atoms with Crippen molar-refractivity contribution in [3.8, 4) is 0 Å². The monoisotopic (exact) mass is 521 g/mol. The van der Waals surface area contributed by atoms with Crippen molar-refractivity contribution < 1.29 is 32.1 Å². The molecule has 12 heteroatoms. The van der Waals surface area contributed by atoms with Gasteiger partial charge in [0.15, 0.2) is 0 Å². The first kappa shape index (κ1) is 37.3. The standard InChI is InChI=1S/C15H23N3O2.C3H7NO.2CNS.Mn/c1-14(2,10-19)16-8-12-6-5-7-13(18-12)9-17-15(3,4)11-20;1-4(2)3-5;2*2-1-3;/h5-9,19-20H,10-11H2,1-4H3;3H,1-2H3;;;/q;;2*-1;+2. The Labute approximate surface area is 211 Å². The molecule has 1 radical (unpaired) electrons. The van der Waals surface area contributed by atoms with Gasteiger partial charge >= 0.3 is 17.1 Å². The Morgan fingerprint density at radius 3 is 1.50 bits per heavy atom. The van der Waals surface area contributed by atoms with Crippen molar-refractivity contribution in [2.45, 2.75) is 38.8 Å². The van der Waals surface area contributed by atoms with Gasteiger partial charge in [-0.05, 0) is 39.8 Å². The fraction of sp³-hybridized carbons (Fsp3) is 0.500. The molecule has 1 amide bonds. The smallest absolute Gasteiger partial charge is 0.753 e. The second-order valence-corrected chi connectivity index (χ2v) is 7.56. The van der Waals surface area contributed by atoms with Gasteiger partial charge in [0, 0.05) is 26.5 Å². The van der Waals surface area contributed by atoms with E-state index in [0.29, 0.717) is 11.4 Å². The normalized spacial score (nSPS) is 10.0. The maximum atomic E-state index is 9.43. The molecule has 0 aliphatic heterocycles. The van der Waals surface area contributed by atoms with Gasteiger partial charge in [-0.2, -0.15) is 10.3 Å². The van der Waals surface area contributed by atoms with E-state index >= 15 is 0 Å². The van der Waals surface area contributed by atoms with Crippen LogP contribution in [0, 0.1) is 0 Å². The molecule has 1 rings (SSSR count). The van der Waals surface area contributed by atoms with Crippen molar-refractivity contribution in [1.29, 1.82) is 0 Å². The predicted octanol–water partition coefficient (Wildman–Crippen LogP) is 2.48. The van der Waals surface area contributed by atoms with Gasteiger partial charge in [-0.3, -0.25) is 14.8 Å². The van der Waals surface area contributed by atoms with Gasteiger partial charge in [-0.15, -0.1) is 0 Å². The Balaban J connectivity index is -0.000000273. The van der Waals surface area contributed by atoms with E-state index in [1.54, 1.807) is 26.5 Å². The number of aliphatic imine (C=N–C) groups is 2. The van der Waals surface area contributed by atoms with Gasteiger partial charge in [0.25, 0.3) is 0 Å². The van der Waals surface area contributed by atoms with Crippen molar-refractivity contribution in [2.75, 3.05) is 27.3 Å². The van der Waals surface area contributed by atoms with Crippen molar-refractivity contribution >= 4 is 53.6 Å². The molecule has 0 saturated heterocycles. The van der Waals surface area contributed by atoms with Crippen LogP contribution in [0.1, 0.15) is 39.1 Å². The molecule has 1 aromatic rings. The van der Waals surface area contributed by atoms with E-state index in [4.69, 9.17) is 21.0 Å². The van der Waals surface area contributed by atoms with Crippen molar-refractivity contribution in [3.05, 3.63) is 40.4 Å². The van der Waals surface area contributed by atoms with Crippen molar-refractivity contribution in [1.82, 2.24) is 9.88 Å². The summed E-state index contributed by atoms with van der Waals surface area (Å²) in [6, 6.07) is 5.55. The zero-order valence-electron chi connectivity index (χ0n) is 19.1. The number of isothiocyanates is 2. The third-order valence-corrected chi connectivity index (χ3v) is 2.87. The van der Waals surface area contributed by atoms with Crippen LogP contribution in [0.5, 0.6) is 0 Å². The first-order chi connectivity index (χ1) is 14.4. The third kappa shape index (κ3) is 26.0. The van der Waals surface area contributed by atoms with Crippen LogP contribution in [0.15, 0.2) is 28.2 Å². The topological polar surface area (TPSA) is 143 Å². The van der Waals surface area contributed by atoms with Gasteiger partial charge in [0.05, 0.1) is 35.7 Å². The van der Waals surface area contributed by atoms with E-state index in [1.807, 2.05) is 45.9 Å². The van der Waals surface area contributed by atoms with Crippen molar-refractivity contribution in [2.24, 2.45) is 9.98 Å². The van der Waals surface area contributed by atoms with Gasteiger partial charge in [0.2, 0.25) is 6.41 Å². The number of hydrogen-bond donors (Lipinski definition) is 2. The molecule has 0 saturated carbocycles. The molecule has 0 spiro atoms. The van der Waals surface area contributed by atoms with Crippen LogP contribution in [0.25, 0.3) is 10.8 Å². The van der Waals surface area contributed by atoms with E-state index in [0.717, 1.165) is 6.41 Å². The Hall–Kier alpha value is -2.00. The number of carbonyl (C=O) groups is 1. The summed E-state index contributed by atoms with van der Waals surface area (Å²) in [6.45, 7) is 7.35. The summed E-state index contributed by atoms with van der Waals surface area (Å²) < 4.78 is 0. The minimum absolute atomic E-state index is 0. The molecule has 1 heterocycles. The Morgan fingerprint density at radius 1 is 1.00 bits per heavy atom. The summed E-state index contributed by atoms with van der Waals surface area (Å²) in [5.74, 6) is 0. The number of aromatic nitrogens is 1. The van der Waals surface area contributed by atoms with E-state index in [1.165, 1.54) is 15.2 Å². The number of amides is 1. The Morgan fingerprint density at radius 2 is 1.28 bits per heavy atom. The number of aliphatic hydroxyl groups excluding tert-OH is 2. The number of rotatable bonds is 7. The zero-order valence-corrected chi connectivity index (χ0v) is 21.9. The molecule has 0 unspecified atom stereocenters. The second-order valence-electron chi connectivity index (χ2n) is 7.20. The predicted molar refractivity (Wildman–Crippen MR) is 133 cm³/mol. The largest absolute Gasteiger partial charge is 2.00 e. The van der Waals surface area contributed by atoms with E-state index in [-0.39, 0.29) is 30.3 Å². The van der Waals surface area contributed by atoms with E-state index < -0.39 is 11.1 Å². The SMILES string of the molecule is CC(C)(CO)N=Cc1cccc(C=NC(C)(C)CO)n1.CN(C)C=O.[Mn+2].[N-]=C=S.[N-]=C=S. The fourth-order valence-corrected chi connectivity index (χ4v) is 1.18. The number of pyridine rings is 1. The minimum Gasteiger partial charge on any atom is -0.753 e. The molecule has 9 nitrogen and oxygen atoms in total. The summed E-state index contributed by atoms with van der Waals surface area (Å²) in [5, 5.41) is 35.2. The van der Waals surface area contributed by atoms with E-state index in [2.05, 4.69) is 39.4 Å². The summed E-state index contributed by atoms with van der Waals surface area (Å²) in [4.78, 5) is 23.8. The van der Waals surface area contributed by atoms with Gasteiger partial charge in [0.1, 0.15) is 0 Å². The molecule has 32 heavy (non-hydrogen) atoms. The minimum atomic E-state index is -0.509. The number of carbonyl (C=O) groups excluding carboxylic acids is 1. The average molecular weight is 522 g/mol. The summed E-state index contributed by atoms with van der Waals surface area (Å²) >= 11 is 7.40. The van der Waals surface area contributed by atoms with Crippen LogP contribution in [-0.4, -0.2) is 87.6 Å². The van der Waals surface area contributed by atoms with Gasteiger partial charge < -0.3 is 25.9 Å². The molecule has 0 fully saturated rings. The summed E-state index contributed by atoms with van der Waals surface area (Å²) in [5.41, 5.74) is 0.393. The first-order valence-electron chi connectivity index (χ1n) is 8.82. The molecule has 177 valence electrons. The molecule has 1 aromatic heterocycles. The Bertz CT molecular complexity index is 706. The molecular formula is C20H30MnN6O3S2. The molecule has 0 atom stereocenters. The second kappa shape index (κ2) is 22.2. The summed E-state index contributed by atoms with van der Waals surface area (Å²) in [7, 11) is 3.38. The van der Waals surface area contributed by atoms with Crippen LogP contribution in [-0.2, 0) is 21.9 Å². The maximum Gasteiger partial charge on any atom is 2.00 e. The number of hydrogen-bond acceptors (Lipinski definition) is 8. The molecule has 2 N–H and O–H groups in total. The fourth-order valence-electron chi connectivity index (χ4n) is 1.18. The molecule has 0 aliphatic carbocycles. The van der Waals surface area contributed by atoms with Gasteiger partial charge in [-0.25, -0.2) is 4.98 Å². The Kier molecular flexibility index (Phi) is 25.9. The van der Waals surface area contributed by atoms with E-state index in [9.17, 15) is 4.79 Å². The van der Waals surface area contributed by atoms with Crippen molar-refractivity contribution in [3.63, 3.8) is 0 Å². The van der Waals surface area contributed by atoms with Crippen LogP contribution in [0.4, 0.5) is 0 Å².